The summed E-state index contributed by atoms with van der Waals surface area (Å²) in [6, 6.07) is 8.42. The van der Waals surface area contributed by atoms with E-state index >= 15 is 0 Å². The van der Waals surface area contributed by atoms with E-state index in [9.17, 15) is 0 Å². The minimum atomic E-state index is 0.560. The average molecular weight is 340 g/mol. The molecule has 0 saturated carbocycles. The summed E-state index contributed by atoms with van der Waals surface area (Å²) in [4.78, 5) is 5.30. The number of benzene rings is 1. The second-order valence-corrected chi connectivity index (χ2v) is 7.40. The summed E-state index contributed by atoms with van der Waals surface area (Å²) < 4.78 is 1.30. The van der Waals surface area contributed by atoms with Crippen LogP contribution < -0.4 is 0 Å². The third kappa shape index (κ3) is 4.03. The Morgan fingerprint density at radius 3 is 2.74 bits per heavy atom. The number of nitrogens with zero attached hydrogens (tertiary/aromatic N) is 1. The summed E-state index contributed by atoms with van der Waals surface area (Å²) in [7, 11) is 0. The van der Waals surface area contributed by atoms with Crippen LogP contribution in [0.1, 0.15) is 44.5 Å². The molecule has 2 rings (SSSR count). The number of para-hydroxylation sites is 1. The van der Waals surface area contributed by atoms with Gasteiger partial charge in [0.2, 0.25) is 0 Å². The number of alkyl halides is 1. The molecule has 2 unspecified atom stereocenters. The smallest absolute Gasteiger partial charge is 0.0949 e. The molecule has 0 amide bonds. The van der Waals surface area contributed by atoms with Crippen LogP contribution in [0, 0.1) is 5.92 Å². The van der Waals surface area contributed by atoms with Gasteiger partial charge in [-0.2, -0.15) is 0 Å². The second kappa shape index (κ2) is 7.39. The van der Waals surface area contributed by atoms with Crippen molar-refractivity contribution in [1.82, 2.24) is 4.98 Å². The maximum absolute atomic E-state index is 4.74. The average Bonchev–Trinajstić information content (AvgIpc) is 2.81. The van der Waals surface area contributed by atoms with Crippen LogP contribution >= 0.6 is 27.3 Å². The zero-order chi connectivity index (χ0) is 13.7. The van der Waals surface area contributed by atoms with Gasteiger partial charge in [0.05, 0.1) is 15.2 Å². The van der Waals surface area contributed by atoms with E-state index in [-0.39, 0.29) is 0 Å². The Balaban J connectivity index is 2.02. The molecule has 0 N–H and O–H groups in total. The summed E-state index contributed by atoms with van der Waals surface area (Å²) >= 11 is 5.73. The number of unbranched alkanes of at least 4 members (excludes halogenated alkanes) is 1. The summed E-state index contributed by atoms with van der Waals surface area (Å²) in [6.45, 7) is 4.57. The number of fused-ring (bicyclic) bond motifs is 1. The van der Waals surface area contributed by atoms with Gasteiger partial charge in [-0.25, -0.2) is 4.98 Å². The molecule has 0 radical (unpaired) electrons. The highest BCUT2D eigenvalue weighted by molar-refractivity contribution is 9.09. The quantitative estimate of drug-likeness (QED) is 0.579. The molecule has 2 aromatic rings. The van der Waals surface area contributed by atoms with Crippen LogP contribution in [0.15, 0.2) is 24.3 Å². The SMILES string of the molecule is CCCCC(CC)C(Br)Cc1nc2ccccc2s1. The standard InChI is InChI=1S/C16H22BrNS/c1-3-5-8-12(4-2)13(17)11-16-18-14-9-6-7-10-15(14)19-16/h6-7,9-10,12-13H,3-5,8,11H2,1-2H3. The first-order valence-electron chi connectivity index (χ1n) is 7.23. The largest absolute Gasteiger partial charge is 0.241 e. The van der Waals surface area contributed by atoms with Crippen LogP contribution in [0.4, 0.5) is 0 Å². The van der Waals surface area contributed by atoms with Gasteiger partial charge in [0.1, 0.15) is 0 Å². The molecule has 1 aromatic heterocycles. The second-order valence-electron chi connectivity index (χ2n) is 5.11. The summed E-state index contributed by atoms with van der Waals surface area (Å²) in [6.07, 6.45) is 6.26. The van der Waals surface area contributed by atoms with Gasteiger partial charge in [0.15, 0.2) is 0 Å². The minimum Gasteiger partial charge on any atom is -0.241 e. The van der Waals surface area contributed by atoms with Crippen LogP contribution in [0.5, 0.6) is 0 Å². The van der Waals surface area contributed by atoms with Crippen LogP contribution in [0.3, 0.4) is 0 Å². The molecule has 0 spiro atoms. The fraction of sp³-hybridized carbons (Fsp3) is 0.562. The maximum Gasteiger partial charge on any atom is 0.0949 e. The summed E-state index contributed by atoms with van der Waals surface area (Å²) in [5.74, 6) is 0.770. The third-order valence-corrected chi connectivity index (χ3v) is 5.80. The van der Waals surface area contributed by atoms with Crippen molar-refractivity contribution in [2.45, 2.75) is 50.8 Å². The van der Waals surface area contributed by atoms with E-state index < -0.39 is 0 Å². The van der Waals surface area contributed by atoms with E-state index in [1.807, 2.05) is 11.3 Å². The first-order chi connectivity index (χ1) is 9.24. The molecular weight excluding hydrogens is 318 g/mol. The van der Waals surface area contributed by atoms with E-state index in [0.29, 0.717) is 4.83 Å². The van der Waals surface area contributed by atoms with E-state index in [1.54, 1.807) is 0 Å². The molecule has 104 valence electrons. The van der Waals surface area contributed by atoms with Gasteiger partial charge < -0.3 is 0 Å². The van der Waals surface area contributed by atoms with E-state index in [1.165, 1.54) is 35.4 Å². The van der Waals surface area contributed by atoms with Crippen LogP contribution in [0.25, 0.3) is 10.2 Å². The molecule has 2 atom stereocenters. The van der Waals surface area contributed by atoms with Crippen LogP contribution in [-0.4, -0.2) is 9.81 Å². The minimum absolute atomic E-state index is 0.560. The normalized spacial score (nSPS) is 14.7. The Kier molecular flexibility index (Phi) is 5.83. The number of thiazole rings is 1. The first kappa shape index (κ1) is 15.0. The monoisotopic (exact) mass is 339 g/mol. The van der Waals surface area contributed by atoms with Crippen molar-refractivity contribution in [3.8, 4) is 0 Å². The molecule has 19 heavy (non-hydrogen) atoms. The molecule has 0 aliphatic rings. The molecule has 3 heteroatoms. The van der Waals surface area contributed by atoms with Crippen molar-refractivity contribution >= 4 is 37.5 Å². The van der Waals surface area contributed by atoms with Gasteiger partial charge in [0, 0.05) is 11.2 Å². The maximum atomic E-state index is 4.74. The van der Waals surface area contributed by atoms with E-state index in [2.05, 4.69) is 54.0 Å². The van der Waals surface area contributed by atoms with Crippen molar-refractivity contribution in [3.63, 3.8) is 0 Å². The molecular formula is C16H22BrNS. The predicted molar refractivity (Wildman–Crippen MR) is 89.3 cm³/mol. The molecule has 1 nitrogen and oxygen atoms in total. The Morgan fingerprint density at radius 1 is 1.26 bits per heavy atom. The lowest BCUT2D eigenvalue weighted by Gasteiger charge is -2.20. The number of halogens is 1. The van der Waals surface area contributed by atoms with Gasteiger partial charge in [-0.3, -0.25) is 0 Å². The lowest BCUT2D eigenvalue weighted by Crippen LogP contribution is -2.16. The van der Waals surface area contributed by atoms with Crippen LogP contribution in [0.2, 0.25) is 0 Å². The Bertz CT molecular complexity index is 475. The van der Waals surface area contributed by atoms with Crippen molar-refractivity contribution in [2.75, 3.05) is 0 Å². The van der Waals surface area contributed by atoms with Gasteiger partial charge in [-0.05, 0) is 24.5 Å². The van der Waals surface area contributed by atoms with Crippen molar-refractivity contribution in [1.29, 1.82) is 0 Å². The third-order valence-electron chi connectivity index (χ3n) is 3.67. The number of rotatable bonds is 7. The molecule has 0 aliphatic heterocycles. The highest BCUT2D eigenvalue weighted by Gasteiger charge is 2.18. The molecule has 0 saturated heterocycles. The van der Waals surface area contributed by atoms with Gasteiger partial charge in [0.25, 0.3) is 0 Å². The van der Waals surface area contributed by atoms with Gasteiger partial charge >= 0.3 is 0 Å². The lowest BCUT2D eigenvalue weighted by molar-refractivity contribution is 0.437. The highest BCUT2D eigenvalue weighted by atomic mass is 79.9. The Labute approximate surface area is 128 Å². The fourth-order valence-electron chi connectivity index (χ4n) is 2.45. The summed E-state index contributed by atoms with van der Waals surface area (Å²) in [5, 5.41) is 1.26. The Morgan fingerprint density at radius 2 is 2.05 bits per heavy atom. The van der Waals surface area contributed by atoms with Crippen molar-refractivity contribution in [2.24, 2.45) is 5.92 Å². The summed E-state index contributed by atoms with van der Waals surface area (Å²) in [5.41, 5.74) is 1.14. The van der Waals surface area contributed by atoms with E-state index in [4.69, 9.17) is 4.98 Å². The van der Waals surface area contributed by atoms with Crippen LogP contribution in [-0.2, 0) is 6.42 Å². The highest BCUT2D eigenvalue weighted by Crippen LogP contribution is 2.29. The molecule has 0 aliphatic carbocycles. The lowest BCUT2D eigenvalue weighted by atomic mass is 9.94. The van der Waals surface area contributed by atoms with E-state index in [0.717, 1.165) is 17.9 Å². The topological polar surface area (TPSA) is 12.9 Å². The fourth-order valence-corrected chi connectivity index (χ4v) is 4.63. The van der Waals surface area contributed by atoms with Crippen molar-refractivity contribution < 1.29 is 0 Å². The molecule has 1 heterocycles. The molecule has 0 fully saturated rings. The number of hydrogen-bond acceptors (Lipinski definition) is 2. The number of hydrogen-bond donors (Lipinski definition) is 0. The zero-order valence-corrected chi connectivity index (χ0v) is 14.1. The first-order valence-corrected chi connectivity index (χ1v) is 8.96. The zero-order valence-electron chi connectivity index (χ0n) is 11.7. The molecule has 1 aromatic carbocycles. The Hall–Kier alpha value is -0.410. The van der Waals surface area contributed by atoms with Gasteiger partial charge in [-0.1, -0.05) is 61.2 Å². The molecule has 0 bridgehead atoms. The van der Waals surface area contributed by atoms with Crippen molar-refractivity contribution in [3.05, 3.63) is 29.3 Å². The van der Waals surface area contributed by atoms with Gasteiger partial charge in [-0.15, -0.1) is 11.3 Å². The predicted octanol–water partition coefficient (Wildman–Crippen LogP) is 5.82. The number of aromatic nitrogens is 1.